The lowest BCUT2D eigenvalue weighted by Crippen LogP contribution is -2.18. The molecule has 1 aromatic carbocycles. The molecule has 3 rings (SSSR count). The summed E-state index contributed by atoms with van der Waals surface area (Å²) in [5.41, 5.74) is 0.575. The third kappa shape index (κ3) is 1.58. The van der Waals surface area contributed by atoms with Gasteiger partial charge in [-0.15, -0.1) is 0 Å². The molecule has 0 saturated carbocycles. The molecule has 1 heterocycles. The van der Waals surface area contributed by atoms with Crippen molar-refractivity contribution >= 4 is 28.0 Å². The van der Waals surface area contributed by atoms with Gasteiger partial charge in [-0.25, -0.2) is 0 Å². The molecule has 6 heteroatoms. The molecule has 0 unspecified atom stereocenters. The highest BCUT2D eigenvalue weighted by Crippen LogP contribution is 2.32. The summed E-state index contributed by atoms with van der Waals surface area (Å²) < 4.78 is 0. The number of carbonyl (C=O) groups excluding carboxylic acids is 2. The lowest BCUT2D eigenvalue weighted by atomic mass is 9.93. The second-order valence-corrected chi connectivity index (χ2v) is 4.38. The third-order valence-electron chi connectivity index (χ3n) is 3.13. The number of rotatable bonds is 1. The number of benzene rings is 1. The van der Waals surface area contributed by atoms with E-state index in [0.717, 1.165) is 0 Å². The number of aliphatic hydroxyl groups excluding tert-OH is 2. The van der Waals surface area contributed by atoms with Gasteiger partial charge in [0.05, 0.1) is 5.57 Å². The van der Waals surface area contributed by atoms with Crippen molar-refractivity contribution < 1.29 is 24.9 Å². The molecule has 0 atom stereocenters. The first-order valence-electron chi connectivity index (χ1n) is 5.72. The summed E-state index contributed by atoms with van der Waals surface area (Å²) in [6.45, 7) is 0. The second-order valence-electron chi connectivity index (χ2n) is 4.38. The Morgan fingerprint density at radius 3 is 2.55 bits per heavy atom. The maximum absolute atomic E-state index is 11.9. The number of allylic oxidation sites excluding steroid dienone is 2. The van der Waals surface area contributed by atoms with Crippen molar-refractivity contribution in [3.8, 4) is 5.75 Å². The van der Waals surface area contributed by atoms with Crippen LogP contribution in [-0.2, 0) is 9.59 Å². The van der Waals surface area contributed by atoms with Crippen LogP contribution in [0, 0.1) is 0 Å². The van der Waals surface area contributed by atoms with Crippen molar-refractivity contribution in [2.45, 2.75) is 0 Å². The Morgan fingerprint density at radius 1 is 1.05 bits per heavy atom. The first-order valence-corrected chi connectivity index (χ1v) is 5.72. The molecule has 20 heavy (non-hydrogen) atoms. The van der Waals surface area contributed by atoms with Crippen LogP contribution in [0.2, 0.25) is 0 Å². The second kappa shape index (κ2) is 3.99. The molecule has 100 valence electrons. The summed E-state index contributed by atoms with van der Waals surface area (Å²) in [6, 6.07) is 4.45. The number of aromatic nitrogens is 1. The van der Waals surface area contributed by atoms with Crippen LogP contribution in [0.25, 0.3) is 16.5 Å². The average Bonchev–Trinajstić information content (AvgIpc) is 2.80. The minimum absolute atomic E-state index is 0.0206. The number of aliphatic hydroxyl groups is 2. The van der Waals surface area contributed by atoms with Gasteiger partial charge in [0, 0.05) is 28.7 Å². The molecule has 2 aromatic rings. The Kier molecular flexibility index (Phi) is 2.40. The Bertz CT molecular complexity index is 825. The normalized spacial score (nSPS) is 15.9. The van der Waals surface area contributed by atoms with Crippen molar-refractivity contribution in [1.29, 1.82) is 0 Å². The van der Waals surface area contributed by atoms with Gasteiger partial charge in [-0.1, -0.05) is 0 Å². The number of phenolic OH excluding ortho intramolecular Hbond substituents is 1. The Balaban J connectivity index is 2.30. The van der Waals surface area contributed by atoms with Crippen LogP contribution >= 0.6 is 0 Å². The monoisotopic (exact) mass is 271 g/mol. The highest BCUT2D eigenvalue weighted by Gasteiger charge is 2.30. The van der Waals surface area contributed by atoms with Gasteiger partial charge in [-0.3, -0.25) is 9.59 Å². The van der Waals surface area contributed by atoms with Crippen LogP contribution in [0.1, 0.15) is 5.56 Å². The fraction of sp³-hybridized carbons (Fsp3) is 0. The van der Waals surface area contributed by atoms with E-state index in [1.165, 1.54) is 18.3 Å². The van der Waals surface area contributed by atoms with Gasteiger partial charge in [0.25, 0.3) is 0 Å². The smallest absolute Gasteiger partial charge is 0.231 e. The van der Waals surface area contributed by atoms with Gasteiger partial charge in [-0.05, 0) is 18.2 Å². The zero-order valence-electron chi connectivity index (χ0n) is 10.0. The fourth-order valence-electron chi connectivity index (χ4n) is 2.18. The molecule has 6 nitrogen and oxygen atoms in total. The summed E-state index contributed by atoms with van der Waals surface area (Å²) in [6.07, 6.45) is 2.10. The molecule has 0 amide bonds. The average molecular weight is 271 g/mol. The summed E-state index contributed by atoms with van der Waals surface area (Å²) in [5, 5.41) is 29.2. The summed E-state index contributed by atoms with van der Waals surface area (Å²) in [4.78, 5) is 26.3. The number of hydrogen-bond acceptors (Lipinski definition) is 5. The van der Waals surface area contributed by atoms with Gasteiger partial charge in [0.1, 0.15) is 5.75 Å². The van der Waals surface area contributed by atoms with E-state index in [1.54, 1.807) is 6.07 Å². The largest absolute Gasteiger partial charge is 0.508 e. The molecule has 1 aliphatic carbocycles. The molecule has 1 aliphatic rings. The predicted molar refractivity (Wildman–Crippen MR) is 70.2 cm³/mol. The van der Waals surface area contributed by atoms with Crippen molar-refractivity contribution in [3.63, 3.8) is 0 Å². The Labute approximate surface area is 112 Å². The van der Waals surface area contributed by atoms with Gasteiger partial charge in [-0.2, -0.15) is 0 Å². The SMILES string of the molecule is O=C1C=C(O)C(=O)C(c2c[nH]c3ccc(O)cc23)=C1O. The van der Waals surface area contributed by atoms with Gasteiger partial charge in [0.2, 0.25) is 11.6 Å². The van der Waals surface area contributed by atoms with Crippen molar-refractivity contribution in [1.82, 2.24) is 4.98 Å². The molecule has 0 spiro atoms. The molecule has 0 bridgehead atoms. The van der Waals surface area contributed by atoms with E-state index >= 15 is 0 Å². The number of Topliss-reactive ketones (excluding diaryl/α,β-unsaturated/α-hetero) is 1. The zero-order chi connectivity index (χ0) is 14.4. The molecule has 1 aromatic heterocycles. The first kappa shape index (κ1) is 12.0. The molecule has 0 aliphatic heterocycles. The number of aromatic hydroxyl groups is 1. The van der Waals surface area contributed by atoms with E-state index < -0.39 is 23.1 Å². The number of nitrogens with one attached hydrogen (secondary N) is 1. The number of H-pyrrole nitrogens is 1. The zero-order valence-corrected chi connectivity index (χ0v) is 10.0. The topological polar surface area (TPSA) is 111 Å². The summed E-state index contributed by atoms with van der Waals surface area (Å²) in [7, 11) is 0. The molecule has 0 radical (unpaired) electrons. The van der Waals surface area contributed by atoms with E-state index in [-0.39, 0.29) is 16.9 Å². The first-order chi connectivity index (χ1) is 9.49. The van der Waals surface area contributed by atoms with Crippen LogP contribution in [-0.4, -0.2) is 31.9 Å². The highest BCUT2D eigenvalue weighted by atomic mass is 16.3. The summed E-state index contributed by atoms with van der Waals surface area (Å²) in [5.74, 6) is -3.15. The number of fused-ring (bicyclic) bond motifs is 1. The molecular formula is C14H9NO5. The minimum atomic E-state index is -0.841. The van der Waals surface area contributed by atoms with Crippen LogP contribution in [0.3, 0.4) is 0 Å². The van der Waals surface area contributed by atoms with Gasteiger partial charge >= 0.3 is 0 Å². The van der Waals surface area contributed by atoms with Crippen LogP contribution < -0.4 is 0 Å². The van der Waals surface area contributed by atoms with Gasteiger partial charge in [0.15, 0.2) is 11.5 Å². The quantitative estimate of drug-likeness (QED) is 0.590. The standard InChI is InChI=1S/C14H9NO5/c16-6-1-2-9-7(3-6)8(5-15-9)12-13(19)10(17)4-11(18)14(12)20/h1-5,15-17,20H. The van der Waals surface area contributed by atoms with Crippen molar-refractivity contribution in [3.05, 3.63) is 47.6 Å². The highest BCUT2D eigenvalue weighted by molar-refractivity contribution is 6.38. The van der Waals surface area contributed by atoms with Crippen LogP contribution in [0.5, 0.6) is 5.75 Å². The van der Waals surface area contributed by atoms with E-state index in [9.17, 15) is 24.9 Å². The molecular weight excluding hydrogens is 262 g/mol. The summed E-state index contributed by atoms with van der Waals surface area (Å²) >= 11 is 0. The van der Waals surface area contributed by atoms with E-state index in [1.807, 2.05) is 0 Å². The molecule has 0 saturated heterocycles. The van der Waals surface area contributed by atoms with Crippen molar-refractivity contribution in [2.75, 3.05) is 0 Å². The Morgan fingerprint density at radius 2 is 1.80 bits per heavy atom. The lowest BCUT2D eigenvalue weighted by Gasteiger charge is -2.11. The maximum Gasteiger partial charge on any atom is 0.231 e. The number of aromatic amines is 1. The minimum Gasteiger partial charge on any atom is -0.508 e. The molecule has 0 fully saturated rings. The van der Waals surface area contributed by atoms with E-state index in [2.05, 4.69) is 4.98 Å². The van der Waals surface area contributed by atoms with E-state index in [4.69, 9.17) is 0 Å². The predicted octanol–water partition coefficient (Wildman–Crippen LogP) is 1.74. The number of ketones is 2. The lowest BCUT2D eigenvalue weighted by molar-refractivity contribution is -0.117. The fourth-order valence-corrected chi connectivity index (χ4v) is 2.18. The third-order valence-corrected chi connectivity index (χ3v) is 3.13. The van der Waals surface area contributed by atoms with E-state index in [0.29, 0.717) is 17.0 Å². The van der Waals surface area contributed by atoms with Crippen LogP contribution in [0.15, 0.2) is 42.0 Å². The molecule has 4 N–H and O–H groups in total. The van der Waals surface area contributed by atoms with Gasteiger partial charge < -0.3 is 20.3 Å². The number of phenols is 1. The maximum atomic E-state index is 11.9. The van der Waals surface area contributed by atoms with Crippen molar-refractivity contribution in [2.24, 2.45) is 0 Å². The number of carbonyl (C=O) groups is 2. The van der Waals surface area contributed by atoms with Crippen LogP contribution in [0.4, 0.5) is 0 Å². The number of hydrogen-bond donors (Lipinski definition) is 4. The Hall–Kier alpha value is -3.02.